The van der Waals surface area contributed by atoms with E-state index < -0.39 is 18.2 Å². The molecule has 4 aliphatic rings. The van der Waals surface area contributed by atoms with Crippen molar-refractivity contribution in [3.8, 4) is 11.5 Å². The number of rotatable bonds is 16. The number of fused-ring (bicyclic) bond motifs is 4. The fraction of sp³-hybridized carbons (Fsp3) is 0.388. The van der Waals surface area contributed by atoms with E-state index in [1.807, 2.05) is 59.5 Å². The minimum atomic E-state index is -0.868. The molecule has 5 aromatic rings. The highest BCUT2D eigenvalue weighted by molar-refractivity contribution is 5.98. The summed E-state index contributed by atoms with van der Waals surface area (Å²) in [5.74, 6) is 1.05. The van der Waals surface area contributed by atoms with Crippen molar-refractivity contribution < 1.29 is 34.1 Å². The number of benzene rings is 4. The van der Waals surface area contributed by atoms with Crippen LogP contribution in [0.1, 0.15) is 81.7 Å². The van der Waals surface area contributed by atoms with Crippen molar-refractivity contribution >= 4 is 28.8 Å². The lowest BCUT2D eigenvalue weighted by molar-refractivity contribution is -0.0336. The molecule has 0 saturated carbocycles. The molecular formula is C49H56N6O8. The molecule has 14 heteroatoms. The van der Waals surface area contributed by atoms with Gasteiger partial charge in [0.15, 0.2) is 0 Å². The van der Waals surface area contributed by atoms with Crippen LogP contribution in [0.2, 0.25) is 0 Å². The Morgan fingerprint density at radius 1 is 0.810 bits per heavy atom. The van der Waals surface area contributed by atoms with Gasteiger partial charge in [-0.15, -0.1) is 0 Å². The van der Waals surface area contributed by atoms with Gasteiger partial charge in [0, 0.05) is 55.3 Å². The maximum atomic E-state index is 13.4. The number of phenols is 1. The number of aromatic amines is 1. The molecule has 0 radical (unpaired) electrons. The fourth-order valence-corrected chi connectivity index (χ4v) is 9.00. The first-order valence-electron chi connectivity index (χ1n) is 22.1. The Kier molecular flexibility index (Phi) is 14.0. The lowest BCUT2D eigenvalue weighted by Gasteiger charge is -2.43. The normalized spacial score (nSPS) is 19.6. The van der Waals surface area contributed by atoms with Crippen LogP contribution in [-0.2, 0) is 4.74 Å². The molecule has 6 N–H and O–H groups in total. The van der Waals surface area contributed by atoms with Gasteiger partial charge in [-0.2, -0.15) is 0 Å². The second-order valence-corrected chi connectivity index (χ2v) is 16.9. The Labute approximate surface area is 366 Å². The number of pyridine rings is 1. The number of aliphatic hydroxyl groups excluding tert-OH is 1. The van der Waals surface area contributed by atoms with Crippen molar-refractivity contribution in [2.45, 2.75) is 50.4 Å². The van der Waals surface area contributed by atoms with Crippen LogP contribution in [0.4, 0.5) is 4.79 Å². The van der Waals surface area contributed by atoms with Gasteiger partial charge in [-0.25, -0.2) is 4.79 Å². The van der Waals surface area contributed by atoms with Crippen LogP contribution in [0.3, 0.4) is 0 Å². The average Bonchev–Trinajstić information content (AvgIpc) is 3.32. The quantitative estimate of drug-likeness (QED) is 0.0691. The van der Waals surface area contributed by atoms with Crippen molar-refractivity contribution in [3.05, 3.63) is 141 Å². The molecule has 4 aliphatic heterocycles. The third kappa shape index (κ3) is 10.9. The van der Waals surface area contributed by atoms with Gasteiger partial charge in [0.2, 0.25) is 5.56 Å². The zero-order valence-corrected chi connectivity index (χ0v) is 35.3. The maximum absolute atomic E-state index is 13.4. The Morgan fingerprint density at radius 3 is 2.30 bits per heavy atom. The maximum Gasteiger partial charge on any atom is 0.408 e. The van der Waals surface area contributed by atoms with E-state index in [0.717, 1.165) is 62.2 Å². The number of carbonyl (C=O) groups is 3. The van der Waals surface area contributed by atoms with Crippen molar-refractivity contribution in [1.29, 1.82) is 0 Å². The number of hydrogen-bond acceptors (Lipinski definition) is 10. The molecular weight excluding hydrogens is 801 g/mol. The number of alkyl carbamates (subject to hydrolysis) is 1. The zero-order valence-electron chi connectivity index (χ0n) is 35.3. The molecule has 4 saturated heterocycles. The second kappa shape index (κ2) is 20.3. The highest BCUT2D eigenvalue weighted by atomic mass is 16.6. The number of carbonyl (C=O) groups excluding carboxylic acids is 3. The largest absolute Gasteiger partial charge is 0.506 e. The van der Waals surface area contributed by atoms with Gasteiger partial charge in [-0.1, -0.05) is 48.5 Å². The molecule has 0 aliphatic carbocycles. The van der Waals surface area contributed by atoms with Crippen LogP contribution in [0.5, 0.6) is 11.5 Å². The van der Waals surface area contributed by atoms with Gasteiger partial charge in [-0.3, -0.25) is 19.3 Å². The summed E-state index contributed by atoms with van der Waals surface area (Å²) in [5.41, 5.74) is 3.37. The smallest absolute Gasteiger partial charge is 0.408 e. The monoisotopic (exact) mass is 856 g/mol. The molecule has 4 fully saturated rings. The number of piperidine rings is 4. The number of likely N-dealkylation sites (tertiary alicyclic amines) is 1. The Bertz CT molecular complexity index is 2410. The molecule has 3 atom stereocenters. The Hall–Kier alpha value is -6.22. The van der Waals surface area contributed by atoms with Gasteiger partial charge < -0.3 is 45.5 Å². The third-order valence-corrected chi connectivity index (χ3v) is 12.6. The minimum absolute atomic E-state index is 0.0645. The van der Waals surface area contributed by atoms with Crippen molar-refractivity contribution in [1.82, 2.24) is 30.7 Å². The molecule has 3 amide bonds. The number of amides is 3. The first kappa shape index (κ1) is 43.4. The molecule has 2 bridgehead atoms. The lowest BCUT2D eigenvalue weighted by Crippen LogP contribution is -2.52. The third-order valence-electron chi connectivity index (χ3n) is 12.6. The van der Waals surface area contributed by atoms with Crippen LogP contribution in [0.15, 0.2) is 108 Å². The molecule has 5 heterocycles. The summed E-state index contributed by atoms with van der Waals surface area (Å²) in [7, 11) is 0. The molecule has 4 aromatic carbocycles. The first-order chi connectivity index (χ1) is 30.7. The molecule has 330 valence electrons. The number of ether oxygens (including phenoxy) is 2. The van der Waals surface area contributed by atoms with Crippen molar-refractivity contribution in [2.75, 3.05) is 59.0 Å². The average molecular weight is 857 g/mol. The molecule has 0 unspecified atom stereocenters. The summed E-state index contributed by atoms with van der Waals surface area (Å²) in [4.78, 5) is 58.0. The highest BCUT2D eigenvalue weighted by Crippen LogP contribution is 2.32. The lowest BCUT2D eigenvalue weighted by atomic mass is 9.86. The van der Waals surface area contributed by atoms with E-state index >= 15 is 0 Å². The molecule has 63 heavy (non-hydrogen) atoms. The van der Waals surface area contributed by atoms with Crippen molar-refractivity contribution in [2.24, 2.45) is 11.8 Å². The van der Waals surface area contributed by atoms with Crippen LogP contribution >= 0.6 is 0 Å². The van der Waals surface area contributed by atoms with Crippen molar-refractivity contribution in [3.63, 3.8) is 0 Å². The number of nitrogens with one attached hydrogen (secondary N) is 4. The summed E-state index contributed by atoms with van der Waals surface area (Å²) in [6.07, 6.45) is 3.00. The summed E-state index contributed by atoms with van der Waals surface area (Å²) < 4.78 is 12.3. The molecule has 14 nitrogen and oxygen atoms in total. The number of aromatic nitrogens is 1. The summed E-state index contributed by atoms with van der Waals surface area (Å²) >= 11 is 0. The van der Waals surface area contributed by atoms with E-state index in [9.17, 15) is 29.4 Å². The van der Waals surface area contributed by atoms with E-state index in [0.29, 0.717) is 67.2 Å². The standard InChI is InChI=1S/C49H56N6O8/c56-41-16-14-39(40-15-17-44(58)52-46(40)41)42(57)29-50-22-5-23-51-47(59)35-10-12-36(13-11-35)48(60)55-26-18-32(19-27-55)31-62-38-9-4-8-37(28-38)45(34-6-2-1-3-7-34)53-49(61)63-43-30-54-24-20-33(43)21-25-54/h1-4,6-17,28,32-33,42-43,45,50,56-57H,5,18-27,29-31H2,(H,51,59)(H,52,58)(H,53,61)/t42-,43-,45-/m0/s1. The molecule has 0 spiro atoms. The number of hydrogen-bond donors (Lipinski definition) is 6. The Morgan fingerprint density at radius 2 is 1.56 bits per heavy atom. The van der Waals surface area contributed by atoms with Gasteiger partial charge in [0.25, 0.3) is 11.8 Å². The minimum Gasteiger partial charge on any atom is -0.506 e. The number of H-pyrrole nitrogens is 1. The highest BCUT2D eigenvalue weighted by Gasteiger charge is 2.37. The summed E-state index contributed by atoms with van der Waals surface area (Å²) in [6.45, 7) is 5.88. The van der Waals surface area contributed by atoms with E-state index in [-0.39, 0.29) is 47.2 Å². The topological polar surface area (TPSA) is 186 Å². The fourth-order valence-electron chi connectivity index (χ4n) is 9.00. The van der Waals surface area contributed by atoms with Crippen LogP contribution in [0.25, 0.3) is 10.9 Å². The van der Waals surface area contributed by atoms with Crippen LogP contribution < -0.4 is 26.2 Å². The number of phenolic OH excluding ortho intramolecular Hbond substituents is 1. The van der Waals surface area contributed by atoms with E-state index in [4.69, 9.17) is 9.47 Å². The zero-order chi connectivity index (χ0) is 43.7. The van der Waals surface area contributed by atoms with Gasteiger partial charge in [0.1, 0.15) is 17.6 Å². The number of aromatic hydroxyl groups is 1. The van der Waals surface area contributed by atoms with Crippen LogP contribution in [-0.4, -0.2) is 108 Å². The Balaban J connectivity index is 0.752. The predicted octanol–water partition coefficient (Wildman–Crippen LogP) is 5.52. The molecule has 9 rings (SSSR count). The second-order valence-electron chi connectivity index (χ2n) is 16.9. The van der Waals surface area contributed by atoms with Gasteiger partial charge >= 0.3 is 6.09 Å². The van der Waals surface area contributed by atoms with Gasteiger partial charge in [0.05, 0.1) is 24.3 Å². The predicted molar refractivity (Wildman–Crippen MR) is 239 cm³/mol. The molecule has 1 aromatic heterocycles. The van der Waals surface area contributed by atoms with E-state index in [1.165, 1.54) is 12.1 Å². The number of nitrogens with zero attached hydrogens (tertiary/aromatic N) is 2. The summed E-state index contributed by atoms with van der Waals surface area (Å²) in [6, 6.07) is 30.1. The van der Waals surface area contributed by atoms with Gasteiger partial charge in [-0.05, 0) is 129 Å². The SMILES string of the molecule is O=C(N[C@@H](c1ccccc1)c1cccc(OCC2CCN(C(=O)c3ccc(C(=O)NCCCNC[C@H](O)c4ccc(O)c5[nH]c(=O)ccc45)cc3)CC2)c1)O[C@H]1CN2CCC1CC2. The van der Waals surface area contributed by atoms with E-state index in [2.05, 4.69) is 25.8 Å². The summed E-state index contributed by atoms with van der Waals surface area (Å²) in [5, 5.41) is 30.6. The number of aliphatic hydroxyl groups is 1. The van der Waals surface area contributed by atoms with Crippen LogP contribution in [0, 0.1) is 11.8 Å². The first-order valence-corrected chi connectivity index (χ1v) is 22.1. The van der Waals surface area contributed by atoms with E-state index in [1.54, 1.807) is 36.4 Å².